The van der Waals surface area contributed by atoms with E-state index >= 15 is 0 Å². The van der Waals surface area contributed by atoms with Gasteiger partial charge in [-0.1, -0.05) is 26.0 Å². The van der Waals surface area contributed by atoms with Crippen molar-refractivity contribution in [3.63, 3.8) is 0 Å². The van der Waals surface area contributed by atoms with E-state index in [9.17, 15) is 14.0 Å². The number of benzene rings is 1. The van der Waals surface area contributed by atoms with E-state index in [1.807, 2.05) is 13.8 Å². The molecule has 104 valence electrons. The molecule has 0 spiro atoms. The Morgan fingerprint density at radius 1 is 1.37 bits per heavy atom. The van der Waals surface area contributed by atoms with Crippen LogP contribution in [0.4, 0.5) is 9.18 Å². The quantitative estimate of drug-likeness (QED) is 0.806. The van der Waals surface area contributed by atoms with Crippen LogP contribution in [-0.2, 0) is 9.53 Å². The van der Waals surface area contributed by atoms with Gasteiger partial charge in [0.15, 0.2) is 0 Å². The van der Waals surface area contributed by atoms with Crippen molar-refractivity contribution in [2.45, 2.75) is 19.8 Å². The second-order valence-electron chi connectivity index (χ2n) is 4.67. The highest BCUT2D eigenvalue weighted by molar-refractivity contribution is 5.69. The molecule has 1 aromatic rings. The SMILES string of the molecule is CC(C)COC(=O)NCC(C=O)c1ccc(F)cc1. The molecule has 0 fully saturated rings. The first-order valence-corrected chi connectivity index (χ1v) is 6.14. The number of halogens is 1. The van der Waals surface area contributed by atoms with Gasteiger partial charge in [0.1, 0.15) is 12.1 Å². The summed E-state index contributed by atoms with van der Waals surface area (Å²) in [7, 11) is 0. The van der Waals surface area contributed by atoms with Crippen molar-refractivity contribution in [2.24, 2.45) is 5.92 Å². The third-order valence-electron chi connectivity index (χ3n) is 2.48. The summed E-state index contributed by atoms with van der Waals surface area (Å²) >= 11 is 0. The smallest absolute Gasteiger partial charge is 0.407 e. The minimum absolute atomic E-state index is 0.131. The van der Waals surface area contributed by atoms with Gasteiger partial charge >= 0.3 is 6.09 Å². The number of carbonyl (C=O) groups excluding carboxylic acids is 2. The number of hydrogen-bond acceptors (Lipinski definition) is 3. The summed E-state index contributed by atoms with van der Waals surface area (Å²) in [5.74, 6) is -0.616. The summed E-state index contributed by atoms with van der Waals surface area (Å²) in [4.78, 5) is 22.3. The van der Waals surface area contributed by atoms with Crippen molar-refractivity contribution in [1.29, 1.82) is 0 Å². The van der Waals surface area contributed by atoms with Gasteiger partial charge in [-0.25, -0.2) is 9.18 Å². The maximum Gasteiger partial charge on any atom is 0.407 e. The Balaban J connectivity index is 2.47. The minimum atomic E-state index is -0.553. The molecule has 4 nitrogen and oxygen atoms in total. The molecule has 1 rings (SSSR count). The fourth-order valence-electron chi connectivity index (χ4n) is 1.44. The van der Waals surface area contributed by atoms with E-state index in [-0.39, 0.29) is 18.3 Å². The number of rotatable bonds is 6. The molecule has 0 bridgehead atoms. The maximum atomic E-state index is 12.8. The van der Waals surface area contributed by atoms with Crippen LogP contribution in [0.2, 0.25) is 0 Å². The Bertz CT molecular complexity index is 417. The van der Waals surface area contributed by atoms with E-state index in [1.54, 1.807) is 0 Å². The molecular weight excluding hydrogens is 249 g/mol. The molecular formula is C14H18FNO3. The number of ether oxygens (including phenoxy) is 1. The highest BCUT2D eigenvalue weighted by Crippen LogP contribution is 2.13. The maximum absolute atomic E-state index is 12.8. The van der Waals surface area contributed by atoms with E-state index in [2.05, 4.69) is 5.32 Å². The summed E-state index contributed by atoms with van der Waals surface area (Å²) in [5, 5.41) is 2.52. The average Bonchev–Trinajstić information content (AvgIpc) is 2.39. The predicted octanol–water partition coefficient (Wildman–Crippen LogP) is 2.49. The molecule has 0 aliphatic rings. The number of alkyl carbamates (subject to hydrolysis) is 1. The van der Waals surface area contributed by atoms with Gasteiger partial charge in [0.05, 0.1) is 12.5 Å². The van der Waals surface area contributed by atoms with Crippen molar-refractivity contribution >= 4 is 12.4 Å². The molecule has 1 amide bonds. The van der Waals surface area contributed by atoms with Gasteiger partial charge < -0.3 is 14.8 Å². The highest BCUT2D eigenvalue weighted by Gasteiger charge is 2.12. The van der Waals surface area contributed by atoms with Crippen molar-refractivity contribution in [3.8, 4) is 0 Å². The largest absolute Gasteiger partial charge is 0.449 e. The second-order valence-corrected chi connectivity index (χ2v) is 4.67. The molecule has 1 atom stereocenters. The first-order chi connectivity index (χ1) is 9.02. The Morgan fingerprint density at radius 2 is 2.00 bits per heavy atom. The number of hydrogen-bond donors (Lipinski definition) is 1. The Kier molecular flexibility index (Phi) is 5.99. The van der Waals surface area contributed by atoms with Gasteiger partial charge in [0, 0.05) is 6.54 Å². The molecule has 19 heavy (non-hydrogen) atoms. The van der Waals surface area contributed by atoms with E-state index in [4.69, 9.17) is 4.74 Å². The van der Waals surface area contributed by atoms with Crippen molar-refractivity contribution in [2.75, 3.05) is 13.2 Å². The van der Waals surface area contributed by atoms with Crippen LogP contribution >= 0.6 is 0 Å². The lowest BCUT2D eigenvalue weighted by molar-refractivity contribution is -0.109. The van der Waals surface area contributed by atoms with Crippen LogP contribution in [0.1, 0.15) is 25.3 Å². The van der Waals surface area contributed by atoms with Crippen LogP contribution in [0.5, 0.6) is 0 Å². The molecule has 1 unspecified atom stereocenters. The fourth-order valence-corrected chi connectivity index (χ4v) is 1.44. The minimum Gasteiger partial charge on any atom is -0.449 e. The standard InChI is InChI=1S/C14H18FNO3/c1-10(2)9-19-14(18)16-7-12(8-17)11-3-5-13(15)6-4-11/h3-6,8,10,12H,7,9H2,1-2H3,(H,16,18). The molecule has 1 N–H and O–H groups in total. The van der Waals surface area contributed by atoms with E-state index in [1.165, 1.54) is 24.3 Å². The fraction of sp³-hybridized carbons (Fsp3) is 0.429. The first-order valence-electron chi connectivity index (χ1n) is 6.14. The summed E-state index contributed by atoms with van der Waals surface area (Å²) in [6.45, 7) is 4.32. The lowest BCUT2D eigenvalue weighted by Gasteiger charge is -2.13. The van der Waals surface area contributed by atoms with Crippen LogP contribution in [0.25, 0.3) is 0 Å². The van der Waals surface area contributed by atoms with E-state index < -0.39 is 12.0 Å². The number of nitrogens with one attached hydrogen (secondary N) is 1. The van der Waals surface area contributed by atoms with Crippen LogP contribution in [0.15, 0.2) is 24.3 Å². The number of amides is 1. The van der Waals surface area contributed by atoms with Crippen LogP contribution in [0, 0.1) is 11.7 Å². The van der Waals surface area contributed by atoms with Crippen molar-refractivity contribution < 1.29 is 18.7 Å². The van der Waals surface area contributed by atoms with E-state index in [0.29, 0.717) is 12.2 Å². The monoisotopic (exact) mass is 267 g/mol. The zero-order chi connectivity index (χ0) is 14.3. The second kappa shape index (κ2) is 7.51. The molecule has 1 aromatic carbocycles. The summed E-state index contributed by atoms with van der Waals surface area (Å²) in [5.41, 5.74) is 0.653. The Morgan fingerprint density at radius 3 is 2.53 bits per heavy atom. The van der Waals surface area contributed by atoms with Gasteiger partial charge in [-0.05, 0) is 23.6 Å². The Hall–Kier alpha value is -1.91. The summed E-state index contributed by atoms with van der Waals surface area (Å²) < 4.78 is 17.7. The normalized spacial score (nSPS) is 12.0. The molecule has 0 heterocycles. The zero-order valence-electron chi connectivity index (χ0n) is 11.1. The van der Waals surface area contributed by atoms with Gasteiger partial charge in [-0.2, -0.15) is 0 Å². The van der Waals surface area contributed by atoms with Crippen LogP contribution < -0.4 is 5.32 Å². The molecule has 0 aromatic heterocycles. The van der Waals surface area contributed by atoms with Crippen molar-refractivity contribution in [3.05, 3.63) is 35.6 Å². The summed E-state index contributed by atoms with van der Waals surface area (Å²) in [6.07, 6.45) is 0.165. The van der Waals surface area contributed by atoms with E-state index in [0.717, 1.165) is 6.29 Å². The number of aldehydes is 1. The van der Waals surface area contributed by atoms with Gasteiger partial charge in [-0.15, -0.1) is 0 Å². The molecule has 0 saturated heterocycles. The predicted molar refractivity (Wildman–Crippen MR) is 69.4 cm³/mol. The number of carbonyl (C=O) groups is 2. The molecule has 0 aliphatic carbocycles. The lowest BCUT2D eigenvalue weighted by atomic mass is 10.0. The van der Waals surface area contributed by atoms with Crippen LogP contribution in [-0.4, -0.2) is 25.5 Å². The van der Waals surface area contributed by atoms with Gasteiger partial charge in [-0.3, -0.25) is 0 Å². The average molecular weight is 267 g/mol. The third kappa shape index (κ3) is 5.50. The molecule has 0 aliphatic heterocycles. The highest BCUT2D eigenvalue weighted by atomic mass is 19.1. The molecule has 0 radical (unpaired) electrons. The van der Waals surface area contributed by atoms with Crippen molar-refractivity contribution in [1.82, 2.24) is 5.32 Å². The lowest BCUT2D eigenvalue weighted by Crippen LogP contribution is -2.30. The summed E-state index contributed by atoms with van der Waals surface area (Å²) in [6, 6.07) is 5.61. The Labute approximate surface area is 112 Å². The van der Waals surface area contributed by atoms with Gasteiger partial charge in [0.2, 0.25) is 0 Å². The first kappa shape index (κ1) is 15.1. The van der Waals surface area contributed by atoms with Crippen LogP contribution in [0.3, 0.4) is 0 Å². The zero-order valence-corrected chi connectivity index (χ0v) is 11.1. The molecule has 5 heteroatoms. The molecule has 0 saturated carbocycles. The topological polar surface area (TPSA) is 55.4 Å². The van der Waals surface area contributed by atoms with Gasteiger partial charge in [0.25, 0.3) is 0 Å². The third-order valence-corrected chi connectivity index (χ3v) is 2.48.